The van der Waals surface area contributed by atoms with Crippen molar-refractivity contribution in [2.45, 2.75) is 319 Å². The van der Waals surface area contributed by atoms with Gasteiger partial charge in [0.2, 0.25) is 5.91 Å². The van der Waals surface area contributed by atoms with Crippen molar-refractivity contribution >= 4 is 5.91 Å². The van der Waals surface area contributed by atoms with Gasteiger partial charge in [0.05, 0.1) is 32.0 Å². The highest BCUT2D eigenvalue weighted by atomic mass is 16.7. The van der Waals surface area contributed by atoms with E-state index in [1.54, 1.807) is 6.08 Å². The molecule has 0 bridgehead atoms. The van der Waals surface area contributed by atoms with Crippen molar-refractivity contribution in [2.75, 3.05) is 19.8 Å². The van der Waals surface area contributed by atoms with Gasteiger partial charge in [-0.05, 0) is 103 Å². The molecule has 0 saturated carbocycles. The Bertz CT molecular complexity index is 1940. The van der Waals surface area contributed by atoms with Crippen LogP contribution < -0.4 is 5.32 Å². The van der Waals surface area contributed by atoms with E-state index in [-0.39, 0.29) is 18.9 Å². The Morgan fingerprint density at radius 1 is 0.420 bits per heavy atom. The molecule has 0 radical (unpaired) electrons. The second-order valence-electron chi connectivity index (χ2n) is 23.9. The largest absolute Gasteiger partial charge is 0.394 e. The minimum Gasteiger partial charge on any atom is -0.394 e. The molecule has 1 amide bonds. The summed E-state index contributed by atoms with van der Waals surface area (Å²) in [5.74, 6) is -0.276. The van der Waals surface area contributed by atoms with Gasteiger partial charge >= 0.3 is 0 Å². The van der Waals surface area contributed by atoms with E-state index in [1.807, 2.05) is 6.08 Å². The highest BCUT2D eigenvalue weighted by molar-refractivity contribution is 5.76. The van der Waals surface area contributed by atoms with Crippen LogP contribution in [0.4, 0.5) is 0 Å². The molecule has 14 nitrogen and oxygen atoms in total. The minimum atomic E-state index is -1.80. The van der Waals surface area contributed by atoms with E-state index in [0.717, 1.165) is 103 Å². The molecule has 12 unspecified atom stereocenters. The molecule has 0 spiro atoms. The van der Waals surface area contributed by atoms with Gasteiger partial charge in [0.1, 0.15) is 48.8 Å². The number of carbonyl (C=O) groups excluding carboxylic acids is 1. The fourth-order valence-electron chi connectivity index (χ4n) is 10.6. The van der Waals surface area contributed by atoms with Crippen LogP contribution in [0.5, 0.6) is 0 Å². The average Bonchev–Trinajstić information content (AvgIpc) is 1.93. The molecule has 2 aliphatic rings. The van der Waals surface area contributed by atoms with Gasteiger partial charge < -0.3 is 65.1 Å². The summed E-state index contributed by atoms with van der Waals surface area (Å²) in [6.07, 6.45) is 66.7. The van der Waals surface area contributed by atoms with Crippen molar-refractivity contribution in [3.05, 3.63) is 122 Å². The highest BCUT2D eigenvalue weighted by Crippen LogP contribution is 2.30. The molecular weight excluding hydrogens is 1110 g/mol. The summed E-state index contributed by atoms with van der Waals surface area (Å²) < 4.78 is 22.8. The molecule has 2 fully saturated rings. The fraction of sp³-hybridized carbons (Fsp3) is 0.716. The van der Waals surface area contributed by atoms with Gasteiger partial charge in [0, 0.05) is 6.42 Å². The third-order valence-electron chi connectivity index (χ3n) is 16.1. The second-order valence-corrected chi connectivity index (χ2v) is 23.9. The minimum absolute atomic E-state index is 0.239. The first-order valence-corrected chi connectivity index (χ1v) is 34.8. The Morgan fingerprint density at radius 3 is 1.25 bits per heavy atom. The van der Waals surface area contributed by atoms with Crippen LogP contribution in [0.25, 0.3) is 0 Å². The smallest absolute Gasteiger partial charge is 0.220 e. The molecule has 88 heavy (non-hydrogen) atoms. The summed E-state index contributed by atoms with van der Waals surface area (Å²) in [6, 6.07) is -0.960. The van der Waals surface area contributed by atoms with Crippen molar-refractivity contribution in [2.24, 2.45) is 0 Å². The maximum Gasteiger partial charge on any atom is 0.220 e. The van der Waals surface area contributed by atoms with E-state index in [2.05, 4.69) is 129 Å². The lowest BCUT2D eigenvalue weighted by Gasteiger charge is -2.46. The summed E-state index contributed by atoms with van der Waals surface area (Å²) >= 11 is 0. The number of aliphatic hydroxyl groups is 8. The zero-order chi connectivity index (χ0) is 63.8. The summed E-state index contributed by atoms with van der Waals surface area (Å²) in [7, 11) is 0. The standard InChI is InChI=1S/C74H125NO13/c1-3-5-7-9-11-13-15-17-19-21-23-25-27-29-31-33-35-37-39-41-43-45-47-49-51-53-55-57-63(78)62(61-85-73-71(84)69(82)72(65(60-77)87-73)88-74-70(83)68(81)67(80)64(59-76)86-74)75-66(79)58-56-54-52-50-48-46-44-42-40-38-36-34-32-30-28-26-24-22-20-18-16-14-12-10-8-6-4-2/h6,8,12,14,18,20,24,26,30,32,36,38-39,41-42,44,47,49,55,57,62-65,67-74,76-78,80-84H,3-5,7,9-11,13,15-17,19,21-23,25,27-29,31,33-35,37,40,43,45-46,48,50-54,56,58-61H2,1-2H3,(H,75,79)/b8-6-,14-12-,20-18-,26-24-,32-30-,38-36-,41-39+,44-42-,49-47+,57-55+. The molecule has 2 saturated heterocycles. The molecular formula is C74H125NO13. The Balaban J connectivity index is 1.74. The fourth-order valence-corrected chi connectivity index (χ4v) is 10.6. The van der Waals surface area contributed by atoms with Crippen LogP contribution in [0.1, 0.15) is 245 Å². The van der Waals surface area contributed by atoms with Crippen molar-refractivity contribution < 1.29 is 64.6 Å². The van der Waals surface area contributed by atoms with Crippen LogP contribution in [0.2, 0.25) is 0 Å². The number of ether oxygens (including phenoxy) is 4. The number of unbranched alkanes of at least 4 members (excludes halogenated alkanes) is 24. The zero-order valence-corrected chi connectivity index (χ0v) is 54.7. The topological polar surface area (TPSA) is 228 Å². The van der Waals surface area contributed by atoms with Crippen LogP contribution in [0.15, 0.2) is 122 Å². The van der Waals surface area contributed by atoms with Gasteiger partial charge in [0.25, 0.3) is 0 Å². The van der Waals surface area contributed by atoms with E-state index >= 15 is 0 Å². The summed E-state index contributed by atoms with van der Waals surface area (Å²) in [5.41, 5.74) is 0. The van der Waals surface area contributed by atoms with E-state index in [1.165, 1.54) is 109 Å². The average molecular weight is 1240 g/mol. The van der Waals surface area contributed by atoms with E-state index in [9.17, 15) is 45.6 Å². The first-order chi connectivity index (χ1) is 43.1. The van der Waals surface area contributed by atoms with Crippen molar-refractivity contribution in [1.29, 1.82) is 0 Å². The van der Waals surface area contributed by atoms with E-state index in [4.69, 9.17) is 18.9 Å². The van der Waals surface area contributed by atoms with Crippen LogP contribution >= 0.6 is 0 Å². The van der Waals surface area contributed by atoms with Crippen LogP contribution in [0.3, 0.4) is 0 Å². The van der Waals surface area contributed by atoms with Crippen LogP contribution in [0, 0.1) is 0 Å². The Hall–Kier alpha value is -3.61. The predicted octanol–water partition coefficient (Wildman–Crippen LogP) is 14.1. The lowest BCUT2D eigenvalue weighted by Crippen LogP contribution is -2.65. The summed E-state index contributed by atoms with van der Waals surface area (Å²) in [5, 5.41) is 87.4. The first kappa shape index (κ1) is 80.5. The van der Waals surface area contributed by atoms with Gasteiger partial charge in [-0.3, -0.25) is 4.79 Å². The highest BCUT2D eigenvalue weighted by Gasteiger charge is 2.51. The van der Waals surface area contributed by atoms with Gasteiger partial charge in [-0.25, -0.2) is 0 Å². The van der Waals surface area contributed by atoms with Gasteiger partial charge in [-0.2, -0.15) is 0 Å². The monoisotopic (exact) mass is 1240 g/mol. The molecule has 12 atom stereocenters. The third kappa shape index (κ3) is 41.0. The number of hydrogen-bond acceptors (Lipinski definition) is 13. The number of hydrogen-bond donors (Lipinski definition) is 9. The van der Waals surface area contributed by atoms with Crippen molar-refractivity contribution in [1.82, 2.24) is 5.32 Å². The molecule has 14 heteroatoms. The SMILES string of the molecule is CC/C=C\C/C=C\C/C=C\C/C=C\C/C=C\C/C=C\C/C=C\CCCCCCCC(=O)NC(COC1OC(CO)C(OC2OC(CO)C(O)C(O)C2O)C(O)C1O)C(O)/C=C/CC/C=C/CC/C=C/CCCCCCCCCCCCCCCCCCC. The van der Waals surface area contributed by atoms with Crippen LogP contribution in [-0.2, 0) is 23.7 Å². The predicted molar refractivity (Wildman–Crippen MR) is 359 cm³/mol. The first-order valence-electron chi connectivity index (χ1n) is 34.8. The maximum atomic E-state index is 13.3. The molecule has 0 aromatic heterocycles. The van der Waals surface area contributed by atoms with Gasteiger partial charge in [-0.15, -0.1) is 0 Å². The van der Waals surface area contributed by atoms with Crippen molar-refractivity contribution in [3.8, 4) is 0 Å². The second kappa shape index (κ2) is 57.3. The van der Waals surface area contributed by atoms with Crippen molar-refractivity contribution in [3.63, 3.8) is 0 Å². The normalized spacial score (nSPS) is 23.9. The molecule has 9 N–H and O–H groups in total. The zero-order valence-electron chi connectivity index (χ0n) is 54.7. The van der Waals surface area contributed by atoms with Crippen LogP contribution in [-0.4, -0.2) is 140 Å². The molecule has 0 aromatic carbocycles. The summed E-state index contributed by atoms with van der Waals surface area (Å²) in [6.45, 7) is 2.65. The van der Waals surface area contributed by atoms with Gasteiger partial charge in [-0.1, -0.05) is 257 Å². The molecule has 504 valence electrons. The number of allylic oxidation sites excluding steroid dienone is 19. The number of amides is 1. The Labute approximate surface area is 533 Å². The lowest BCUT2D eigenvalue weighted by molar-refractivity contribution is -0.359. The maximum absolute atomic E-state index is 13.3. The number of rotatable bonds is 55. The number of carbonyl (C=O) groups is 1. The Kier molecular flexibility index (Phi) is 52.4. The molecule has 0 aromatic rings. The molecule has 2 rings (SSSR count). The Morgan fingerprint density at radius 2 is 0.795 bits per heavy atom. The third-order valence-corrected chi connectivity index (χ3v) is 16.1. The molecule has 2 heterocycles. The number of aliphatic hydroxyl groups excluding tert-OH is 8. The number of nitrogens with one attached hydrogen (secondary N) is 1. The molecule has 0 aliphatic carbocycles. The van der Waals surface area contributed by atoms with E-state index < -0.39 is 86.8 Å². The van der Waals surface area contributed by atoms with Gasteiger partial charge in [0.15, 0.2) is 12.6 Å². The van der Waals surface area contributed by atoms with E-state index in [0.29, 0.717) is 12.8 Å². The molecule has 2 aliphatic heterocycles. The lowest BCUT2D eigenvalue weighted by atomic mass is 9.97. The quantitative estimate of drug-likeness (QED) is 0.0204. The summed E-state index contributed by atoms with van der Waals surface area (Å²) in [4.78, 5) is 13.3.